The van der Waals surface area contributed by atoms with Crippen LogP contribution in [0.1, 0.15) is 27.2 Å². The van der Waals surface area contributed by atoms with Gasteiger partial charge in [0.25, 0.3) is 5.56 Å². The van der Waals surface area contributed by atoms with Crippen molar-refractivity contribution in [1.82, 2.24) is 9.97 Å². The van der Waals surface area contributed by atoms with Crippen LogP contribution in [-0.4, -0.2) is 54.6 Å². The lowest BCUT2D eigenvalue weighted by Gasteiger charge is -2.13. The van der Waals surface area contributed by atoms with Crippen LogP contribution >= 0.6 is 0 Å². The zero-order valence-corrected chi connectivity index (χ0v) is 16.9. The van der Waals surface area contributed by atoms with Crippen molar-refractivity contribution in [2.75, 3.05) is 33.5 Å². The van der Waals surface area contributed by atoms with E-state index < -0.39 is 5.97 Å². The molecule has 0 aliphatic rings. The summed E-state index contributed by atoms with van der Waals surface area (Å²) in [4.78, 5) is 31.2. The molecule has 2 aromatic heterocycles. The number of aryl methyl sites for hydroxylation is 1. The zero-order chi connectivity index (χ0) is 21.5. The second kappa shape index (κ2) is 10.00. The number of carbonyl (C=O) groups is 1. The van der Waals surface area contributed by atoms with Gasteiger partial charge in [-0.15, -0.1) is 0 Å². The van der Waals surface area contributed by atoms with E-state index in [-0.39, 0.29) is 17.5 Å². The molecule has 0 radical (unpaired) electrons. The molecule has 8 heteroatoms. The van der Waals surface area contributed by atoms with Gasteiger partial charge in [0.2, 0.25) is 0 Å². The molecule has 3 rings (SSSR count). The van der Waals surface area contributed by atoms with Gasteiger partial charge in [0.15, 0.2) is 0 Å². The minimum Gasteiger partial charge on any atom is -0.491 e. The Labute approximate surface area is 173 Å². The molecule has 2 heterocycles. The first kappa shape index (κ1) is 21.5. The minimum absolute atomic E-state index is 0.0627. The Kier molecular flexibility index (Phi) is 7.16. The monoisotopic (exact) mass is 412 g/mol. The van der Waals surface area contributed by atoms with Crippen LogP contribution in [0.3, 0.4) is 0 Å². The molecule has 0 aliphatic heterocycles. The molecule has 0 atom stereocenters. The molecule has 1 aromatic carbocycles. The van der Waals surface area contributed by atoms with Crippen molar-refractivity contribution in [2.45, 2.75) is 13.3 Å². The van der Waals surface area contributed by atoms with Crippen molar-refractivity contribution in [1.29, 1.82) is 0 Å². The maximum absolute atomic E-state index is 12.4. The maximum Gasteiger partial charge on any atom is 0.337 e. The number of hydrogen-bond acceptors (Lipinski definition) is 6. The summed E-state index contributed by atoms with van der Waals surface area (Å²) in [6, 6.07) is 9.00. The van der Waals surface area contributed by atoms with Gasteiger partial charge in [-0.1, -0.05) is 12.1 Å². The van der Waals surface area contributed by atoms with Gasteiger partial charge in [-0.2, -0.15) is 0 Å². The summed E-state index contributed by atoms with van der Waals surface area (Å²) in [6.45, 7) is 3.56. The van der Waals surface area contributed by atoms with E-state index in [2.05, 4.69) is 9.97 Å². The summed E-state index contributed by atoms with van der Waals surface area (Å²) < 4.78 is 15.9. The molecule has 0 spiro atoms. The second-order valence-electron chi connectivity index (χ2n) is 6.70. The van der Waals surface area contributed by atoms with E-state index >= 15 is 0 Å². The van der Waals surface area contributed by atoms with Crippen molar-refractivity contribution >= 4 is 16.9 Å². The predicted molar refractivity (Wildman–Crippen MR) is 111 cm³/mol. The van der Waals surface area contributed by atoms with Crippen LogP contribution in [0.25, 0.3) is 10.9 Å². The number of rotatable bonds is 10. The number of nitrogens with zero attached hydrogens (tertiary/aromatic N) is 1. The van der Waals surface area contributed by atoms with Gasteiger partial charge in [0.05, 0.1) is 42.0 Å². The average molecular weight is 412 g/mol. The van der Waals surface area contributed by atoms with Crippen LogP contribution < -0.4 is 10.3 Å². The number of aromatic nitrogens is 2. The molecule has 0 unspecified atom stereocenters. The van der Waals surface area contributed by atoms with Gasteiger partial charge in [-0.3, -0.25) is 9.78 Å². The molecule has 0 amide bonds. The van der Waals surface area contributed by atoms with Crippen LogP contribution in [0, 0.1) is 6.92 Å². The first-order valence-corrected chi connectivity index (χ1v) is 9.54. The van der Waals surface area contributed by atoms with Crippen LogP contribution in [0.4, 0.5) is 0 Å². The van der Waals surface area contributed by atoms with E-state index in [4.69, 9.17) is 14.2 Å². The van der Waals surface area contributed by atoms with Gasteiger partial charge in [0, 0.05) is 13.3 Å². The highest BCUT2D eigenvalue weighted by atomic mass is 16.5. The lowest BCUT2D eigenvalue weighted by Crippen LogP contribution is -2.15. The topological polar surface area (TPSA) is 111 Å². The van der Waals surface area contributed by atoms with Crippen molar-refractivity contribution < 1.29 is 24.1 Å². The van der Waals surface area contributed by atoms with Crippen molar-refractivity contribution in [3.8, 4) is 5.75 Å². The number of aromatic amines is 1. The van der Waals surface area contributed by atoms with Crippen LogP contribution in [0.15, 0.2) is 41.3 Å². The molecule has 0 fully saturated rings. The highest BCUT2D eigenvalue weighted by molar-refractivity contribution is 5.97. The second-order valence-corrected chi connectivity index (χ2v) is 6.70. The fraction of sp³-hybridized carbons (Fsp3) is 0.318. The molecular formula is C22H24N2O6. The van der Waals surface area contributed by atoms with E-state index in [1.165, 1.54) is 6.20 Å². The van der Waals surface area contributed by atoms with Crippen molar-refractivity contribution in [2.24, 2.45) is 0 Å². The standard InChI is InChI=1S/C22H24N2O6/c1-14-19(22(26)27)17(20-18(24-14)7-8-23-21(20)25)13-15-3-5-16(6-4-15)30-12-11-29-10-9-28-2/h3-8H,9-13H2,1-2H3,(H,23,25)(H,26,27). The summed E-state index contributed by atoms with van der Waals surface area (Å²) in [5, 5.41) is 10.0. The molecule has 158 valence electrons. The molecule has 0 aliphatic carbocycles. The number of ether oxygens (including phenoxy) is 3. The van der Waals surface area contributed by atoms with Gasteiger partial charge in [-0.25, -0.2) is 4.79 Å². The fourth-order valence-electron chi connectivity index (χ4n) is 3.26. The van der Waals surface area contributed by atoms with E-state index in [0.29, 0.717) is 54.3 Å². The Morgan fingerprint density at radius 2 is 1.83 bits per heavy atom. The third-order valence-corrected chi connectivity index (χ3v) is 4.64. The highest BCUT2D eigenvalue weighted by Gasteiger charge is 2.20. The number of carboxylic acid groups (broad SMARTS) is 1. The number of pyridine rings is 2. The molecule has 30 heavy (non-hydrogen) atoms. The van der Waals surface area contributed by atoms with Crippen LogP contribution in [0.5, 0.6) is 5.75 Å². The molecule has 3 aromatic rings. The lowest BCUT2D eigenvalue weighted by atomic mass is 9.95. The number of aromatic carboxylic acids is 1. The quantitative estimate of drug-likeness (QED) is 0.492. The average Bonchev–Trinajstić information content (AvgIpc) is 2.71. The Hall–Kier alpha value is -3.23. The van der Waals surface area contributed by atoms with Crippen molar-refractivity contribution in [3.05, 3.63) is 69.3 Å². The molecule has 2 N–H and O–H groups in total. The van der Waals surface area contributed by atoms with Gasteiger partial charge in [0.1, 0.15) is 12.4 Å². The number of carboxylic acids is 1. The summed E-state index contributed by atoms with van der Waals surface area (Å²) >= 11 is 0. The number of methoxy groups -OCH3 is 1. The van der Waals surface area contributed by atoms with E-state index in [9.17, 15) is 14.7 Å². The van der Waals surface area contributed by atoms with E-state index in [1.54, 1.807) is 20.1 Å². The zero-order valence-electron chi connectivity index (χ0n) is 16.9. The van der Waals surface area contributed by atoms with E-state index in [1.807, 2.05) is 24.3 Å². The van der Waals surface area contributed by atoms with Gasteiger partial charge < -0.3 is 24.3 Å². The number of hydrogen-bond donors (Lipinski definition) is 2. The Morgan fingerprint density at radius 3 is 2.53 bits per heavy atom. The van der Waals surface area contributed by atoms with Crippen LogP contribution in [0.2, 0.25) is 0 Å². The summed E-state index contributed by atoms with van der Waals surface area (Å²) in [5.74, 6) is -0.422. The minimum atomic E-state index is -1.10. The number of fused-ring (bicyclic) bond motifs is 1. The lowest BCUT2D eigenvalue weighted by molar-refractivity contribution is 0.0544. The Morgan fingerprint density at radius 1 is 1.10 bits per heavy atom. The first-order valence-electron chi connectivity index (χ1n) is 9.54. The molecular weight excluding hydrogens is 388 g/mol. The van der Waals surface area contributed by atoms with Gasteiger partial charge >= 0.3 is 5.97 Å². The SMILES string of the molecule is COCCOCCOc1ccc(Cc2c(C(=O)O)c(C)nc3cc[nH]c(=O)c23)cc1. The smallest absolute Gasteiger partial charge is 0.337 e. The number of H-pyrrole nitrogens is 1. The number of benzene rings is 1. The largest absolute Gasteiger partial charge is 0.491 e. The predicted octanol–water partition coefficient (Wildman–Crippen LogP) is 2.56. The molecule has 8 nitrogen and oxygen atoms in total. The third kappa shape index (κ3) is 5.03. The van der Waals surface area contributed by atoms with Crippen molar-refractivity contribution in [3.63, 3.8) is 0 Å². The Balaban J connectivity index is 1.80. The number of nitrogens with one attached hydrogen (secondary N) is 1. The molecule has 0 saturated carbocycles. The highest BCUT2D eigenvalue weighted by Crippen LogP contribution is 2.24. The normalized spacial score (nSPS) is 11.0. The summed E-state index contributed by atoms with van der Waals surface area (Å²) in [5.41, 5.74) is 1.87. The molecule has 0 saturated heterocycles. The third-order valence-electron chi connectivity index (χ3n) is 4.64. The summed E-state index contributed by atoms with van der Waals surface area (Å²) in [7, 11) is 1.62. The first-order chi connectivity index (χ1) is 14.5. The van der Waals surface area contributed by atoms with E-state index in [0.717, 1.165) is 5.56 Å². The van der Waals surface area contributed by atoms with Crippen LogP contribution in [-0.2, 0) is 15.9 Å². The summed E-state index contributed by atoms with van der Waals surface area (Å²) in [6.07, 6.45) is 1.79. The molecule has 0 bridgehead atoms. The fourth-order valence-corrected chi connectivity index (χ4v) is 3.26. The van der Waals surface area contributed by atoms with Gasteiger partial charge in [-0.05, 0) is 42.7 Å². The maximum atomic E-state index is 12.4. The Bertz CT molecular complexity index is 1080.